The molecule has 4 aliphatic rings. The van der Waals surface area contributed by atoms with Crippen LogP contribution in [-0.2, 0) is 10.0 Å². The van der Waals surface area contributed by atoms with Crippen molar-refractivity contribution in [2.45, 2.75) is 43.4 Å². The van der Waals surface area contributed by atoms with Gasteiger partial charge in [0.2, 0.25) is 0 Å². The Balaban J connectivity index is 1.29. The summed E-state index contributed by atoms with van der Waals surface area (Å²) in [5.74, 6) is 1.50. The lowest BCUT2D eigenvalue weighted by Crippen LogP contribution is -2.51. The zero-order chi connectivity index (χ0) is 21.6. The smallest absolute Gasteiger partial charge is 0.262 e. The summed E-state index contributed by atoms with van der Waals surface area (Å²) in [5.41, 5.74) is 0.376. The number of rotatable bonds is 6. The molecule has 0 aliphatic heterocycles. The zero-order valence-electron chi connectivity index (χ0n) is 17.3. The molecule has 0 heterocycles. The normalized spacial score (nSPS) is 29.0. The summed E-state index contributed by atoms with van der Waals surface area (Å²) in [7, 11) is -4.01. The highest BCUT2D eigenvalue weighted by molar-refractivity contribution is 7.92. The van der Waals surface area contributed by atoms with Crippen LogP contribution in [0.2, 0.25) is 0 Å². The number of sulfonamides is 1. The van der Waals surface area contributed by atoms with Crippen LogP contribution < -0.4 is 10.0 Å². The number of benzene rings is 2. The Hall–Kier alpha value is -2.41. The van der Waals surface area contributed by atoms with Gasteiger partial charge < -0.3 is 5.32 Å². The van der Waals surface area contributed by atoms with Gasteiger partial charge in [-0.05, 0) is 92.0 Å². The van der Waals surface area contributed by atoms with Crippen LogP contribution in [0, 0.1) is 29.0 Å². The van der Waals surface area contributed by atoms with Gasteiger partial charge in [-0.15, -0.1) is 0 Å². The van der Waals surface area contributed by atoms with E-state index >= 15 is 0 Å². The molecular formula is C24H27FN2O3S. The third-order valence-corrected chi connectivity index (χ3v) is 8.68. The third-order valence-electron chi connectivity index (χ3n) is 7.31. The molecule has 1 amide bonds. The molecule has 0 unspecified atom stereocenters. The van der Waals surface area contributed by atoms with Gasteiger partial charge in [-0.3, -0.25) is 9.52 Å². The van der Waals surface area contributed by atoms with E-state index in [9.17, 15) is 17.6 Å². The SMILES string of the molecule is O=C(NCC12CC3CC(CC(C3)C1)C2)c1cccc(S(=O)(=O)Nc2ccccc2F)c1. The van der Waals surface area contributed by atoms with Crippen LogP contribution >= 0.6 is 0 Å². The van der Waals surface area contributed by atoms with Crippen LogP contribution in [0.4, 0.5) is 10.1 Å². The summed E-state index contributed by atoms with van der Waals surface area (Å²) < 4.78 is 41.5. The summed E-state index contributed by atoms with van der Waals surface area (Å²) in [5, 5.41) is 3.08. The van der Waals surface area contributed by atoms with Crippen molar-refractivity contribution in [3.05, 3.63) is 59.9 Å². The van der Waals surface area contributed by atoms with E-state index in [-0.39, 0.29) is 21.9 Å². The number of nitrogens with one attached hydrogen (secondary N) is 2. The van der Waals surface area contributed by atoms with Gasteiger partial charge in [-0.2, -0.15) is 0 Å². The van der Waals surface area contributed by atoms with Gasteiger partial charge in [0, 0.05) is 12.1 Å². The van der Waals surface area contributed by atoms with Crippen LogP contribution in [0.5, 0.6) is 0 Å². The number of para-hydroxylation sites is 1. The first kappa shape index (κ1) is 20.5. The summed E-state index contributed by atoms with van der Waals surface area (Å²) in [6, 6.07) is 11.5. The molecule has 2 aromatic rings. The number of hydrogen-bond acceptors (Lipinski definition) is 3. The van der Waals surface area contributed by atoms with E-state index in [1.807, 2.05) is 0 Å². The van der Waals surface area contributed by atoms with E-state index in [1.165, 1.54) is 74.9 Å². The molecule has 0 saturated heterocycles. The van der Waals surface area contributed by atoms with Crippen LogP contribution in [0.15, 0.2) is 53.4 Å². The molecule has 4 aliphatic carbocycles. The van der Waals surface area contributed by atoms with Crippen molar-refractivity contribution in [2.75, 3.05) is 11.3 Å². The number of carbonyl (C=O) groups excluding carboxylic acids is 1. The fourth-order valence-corrected chi connectivity index (χ4v) is 7.54. The summed E-state index contributed by atoms with van der Waals surface area (Å²) >= 11 is 0. The lowest BCUT2D eigenvalue weighted by molar-refractivity contribution is -0.0503. The maximum Gasteiger partial charge on any atom is 0.262 e. The highest BCUT2D eigenvalue weighted by Gasteiger charge is 2.50. The van der Waals surface area contributed by atoms with Crippen LogP contribution in [0.25, 0.3) is 0 Å². The van der Waals surface area contributed by atoms with Gasteiger partial charge in [0.1, 0.15) is 5.82 Å². The van der Waals surface area contributed by atoms with E-state index in [1.54, 1.807) is 12.1 Å². The van der Waals surface area contributed by atoms with Crippen molar-refractivity contribution in [3.8, 4) is 0 Å². The first-order valence-electron chi connectivity index (χ1n) is 11.0. The minimum atomic E-state index is -4.01. The second-order valence-corrected chi connectivity index (χ2v) is 11.4. The van der Waals surface area contributed by atoms with E-state index in [0.29, 0.717) is 12.1 Å². The maximum atomic E-state index is 13.9. The molecular weight excluding hydrogens is 415 g/mol. The number of hydrogen-bond donors (Lipinski definition) is 2. The largest absolute Gasteiger partial charge is 0.351 e. The lowest BCUT2D eigenvalue weighted by atomic mass is 9.49. The van der Waals surface area contributed by atoms with Crippen molar-refractivity contribution in [3.63, 3.8) is 0 Å². The van der Waals surface area contributed by atoms with Crippen molar-refractivity contribution in [1.29, 1.82) is 0 Å². The zero-order valence-corrected chi connectivity index (χ0v) is 18.1. The van der Waals surface area contributed by atoms with Gasteiger partial charge >= 0.3 is 0 Å². The van der Waals surface area contributed by atoms with Gasteiger partial charge in [0.15, 0.2) is 0 Å². The Labute approximate surface area is 182 Å². The lowest BCUT2D eigenvalue weighted by Gasteiger charge is -2.56. The Morgan fingerprint density at radius 2 is 1.61 bits per heavy atom. The van der Waals surface area contributed by atoms with Gasteiger partial charge in [-0.1, -0.05) is 18.2 Å². The van der Waals surface area contributed by atoms with Gasteiger partial charge in [0.05, 0.1) is 10.6 Å². The highest BCUT2D eigenvalue weighted by Crippen LogP contribution is 2.59. The fourth-order valence-electron chi connectivity index (χ4n) is 6.43. The molecule has 31 heavy (non-hydrogen) atoms. The van der Waals surface area contributed by atoms with Crippen molar-refractivity contribution < 1.29 is 17.6 Å². The standard InChI is InChI=1S/C24H27FN2O3S/c25-21-6-1-2-7-22(21)27-31(29,30)20-5-3-4-19(11-20)23(28)26-15-24-12-16-8-17(13-24)10-18(9-16)14-24/h1-7,11,16-18,27H,8-10,12-15H2,(H,26,28). The molecule has 4 fully saturated rings. The number of anilines is 1. The topological polar surface area (TPSA) is 75.3 Å². The quantitative estimate of drug-likeness (QED) is 0.688. The van der Waals surface area contributed by atoms with Crippen LogP contribution in [-0.4, -0.2) is 20.9 Å². The number of carbonyl (C=O) groups is 1. The second kappa shape index (κ2) is 7.62. The van der Waals surface area contributed by atoms with Crippen molar-refractivity contribution >= 4 is 21.6 Å². The molecule has 4 bridgehead atoms. The van der Waals surface area contributed by atoms with Crippen molar-refractivity contribution in [1.82, 2.24) is 5.32 Å². The Morgan fingerprint density at radius 1 is 0.968 bits per heavy atom. The molecule has 0 spiro atoms. The fraction of sp³-hybridized carbons (Fsp3) is 0.458. The summed E-state index contributed by atoms with van der Waals surface area (Å²) in [6.45, 7) is 0.653. The number of halogens is 1. The van der Waals surface area contributed by atoms with Crippen LogP contribution in [0.3, 0.4) is 0 Å². The predicted molar refractivity (Wildman–Crippen MR) is 117 cm³/mol. The van der Waals surface area contributed by atoms with E-state index in [0.717, 1.165) is 17.8 Å². The second-order valence-electron chi connectivity index (χ2n) is 9.71. The average Bonchev–Trinajstić information content (AvgIpc) is 2.73. The highest BCUT2D eigenvalue weighted by atomic mass is 32.2. The molecule has 6 rings (SSSR count). The first-order chi connectivity index (χ1) is 14.8. The molecule has 5 nitrogen and oxygen atoms in total. The minimum Gasteiger partial charge on any atom is -0.351 e. The van der Waals surface area contributed by atoms with E-state index in [4.69, 9.17) is 0 Å². The Morgan fingerprint density at radius 3 is 2.26 bits per heavy atom. The van der Waals surface area contributed by atoms with Crippen molar-refractivity contribution in [2.24, 2.45) is 23.2 Å². The molecule has 0 atom stereocenters. The molecule has 2 N–H and O–H groups in total. The molecule has 0 radical (unpaired) electrons. The molecule has 7 heteroatoms. The van der Waals surface area contributed by atoms with E-state index in [2.05, 4.69) is 10.0 Å². The number of amides is 1. The molecule has 164 valence electrons. The third kappa shape index (κ3) is 4.07. The Bertz CT molecular complexity index is 1080. The van der Waals surface area contributed by atoms with E-state index < -0.39 is 15.8 Å². The summed E-state index contributed by atoms with van der Waals surface area (Å²) in [4.78, 5) is 12.8. The van der Waals surface area contributed by atoms with Crippen LogP contribution in [0.1, 0.15) is 48.9 Å². The molecule has 4 saturated carbocycles. The summed E-state index contributed by atoms with van der Waals surface area (Å²) in [6.07, 6.45) is 7.63. The average molecular weight is 443 g/mol. The predicted octanol–water partition coefficient (Wildman–Crippen LogP) is 4.57. The van der Waals surface area contributed by atoms with Gasteiger partial charge in [-0.25, -0.2) is 12.8 Å². The van der Waals surface area contributed by atoms with Gasteiger partial charge in [0.25, 0.3) is 15.9 Å². The monoisotopic (exact) mass is 442 g/mol. The maximum absolute atomic E-state index is 13.9. The molecule has 2 aromatic carbocycles. The first-order valence-corrected chi connectivity index (χ1v) is 12.5. The minimum absolute atomic E-state index is 0.0711. The Kier molecular flexibility index (Phi) is 5.04. The molecule has 0 aromatic heterocycles.